The Kier molecular flexibility index (Phi) is 8.00. The summed E-state index contributed by atoms with van der Waals surface area (Å²) in [6.45, 7) is 5.11. The van der Waals surface area contributed by atoms with Gasteiger partial charge in [-0.1, -0.05) is 12.1 Å². The van der Waals surface area contributed by atoms with Gasteiger partial charge < -0.3 is 15.0 Å². The Hall–Kier alpha value is -2.49. The number of carbonyl (C=O) groups is 1. The summed E-state index contributed by atoms with van der Waals surface area (Å²) < 4.78 is 46.6. The highest BCUT2D eigenvalue weighted by atomic mass is 32.2. The van der Waals surface area contributed by atoms with Crippen LogP contribution in [0.3, 0.4) is 0 Å². The van der Waals surface area contributed by atoms with Crippen molar-refractivity contribution >= 4 is 15.9 Å². The number of carbonyl (C=O) groups excluding carboxylic acids is 1. The van der Waals surface area contributed by atoms with Crippen LogP contribution in [0.15, 0.2) is 53.4 Å². The van der Waals surface area contributed by atoms with Crippen LogP contribution in [0.1, 0.15) is 18.9 Å². The van der Waals surface area contributed by atoms with Crippen molar-refractivity contribution in [2.75, 3.05) is 39.3 Å². The van der Waals surface area contributed by atoms with Crippen LogP contribution in [-0.4, -0.2) is 62.9 Å². The van der Waals surface area contributed by atoms with E-state index in [1.54, 1.807) is 29.2 Å². The number of rotatable bonds is 9. The average molecular weight is 450 g/mol. The van der Waals surface area contributed by atoms with Crippen LogP contribution < -0.4 is 10.1 Å². The Bertz CT molecular complexity index is 959. The Morgan fingerprint density at radius 1 is 1.10 bits per heavy atom. The molecule has 1 amide bonds. The summed E-state index contributed by atoms with van der Waals surface area (Å²) in [5.74, 6) is 0.117. The number of amides is 1. The number of hydrogen-bond acceptors (Lipinski definition) is 5. The van der Waals surface area contributed by atoms with Gasteiger partial charge in [0, 0.05) is 45.7 Å². The summed E-state index contributed by atoms with van der Waals surface area (Å²) >= 11 is 0. The molecule has 0 unspecified atom stereocenters. The van der Waals surface area contributed by atoms with Crippen LogP contribution in [0, 0.1) is 5.82 Å². The van der Waals surface area contributed by atoms with Gasteiger partial charge in [0.2, 0.25) is 15.9 Å². The first-order valence-corrected chi connectivity index (χ1v) is 11.8. The van der Waals surface area contributed by atoms with Gasteiger partial charge in [-0.05, 0) is 48.9 Å². The molecule has 2 aromatic rings. The van der Waals surface area contributed by atoms with E-state index in [1.807, 2.05) is 6.92 Å². The zero-order valence-corrected chi connectivity index (χ0v) is 18.4. The molecule has 0 atom stereocenters. The first-order valence-electron chi connectivity index (χ1n) is 10.4. The number of hydrogen-bond donors (Lipinski definition) is 1. The SMILES string of the molecule is CCOc1ccc(S(=O)(=O)N(CCC(=O)N2CCNCC2)Cc2ccc(F)cc2)cc1. The van der Waals surface area contributed by atoms with Crippen molar-refractivity contribution in [2.45, 2.75) is 24.8 Å². The summed E-state index contributed by atoms with van der Waals surface area (Å²) in [4.78, 5) is 14.5. The van der Waals surface area contributed by atoms with Crippen LogP contribution in [-0.2, 0) is 21.4 Å². The fourth-order valence-electron chi connectivity index (χ4n) is 3.39. The molecule has 1 heterocycles. The number of nitrogens with zero attached hydrogens (tertiary/aromatic N) is 2. The summed E-state index contributed by atoms with van der Waals surface area (Å²) in [5, 5.41) is 3.19. The van der Waals surface area contributed by atoms with E-state index in [2.05, 4.69) is 5.32 Å². The predicted octanol–water partition coefficient (Wildman–Crippen LogP) is 2.24. The molecular weight excluding hydrogens is 421 g/mol. The fourth-order valence-corrected chi connectivity index (χ4v) is 4.82. The van der Waals surface area contributed by atoms with Crippen LogP contribution in [0.2, 0.25) is 0 Å². The highest BCUT2D eigenvalue weighted by Crippen LogP contribution is 2.22. The van der Waals surface area contributed by atoms with Crippen LogP contribution in [0.5, 0.6) is 5.75 Å². The molecule has 1 aliphatic rings. The van der Waals surface area contributed by atoms with Crippen molar-refractivity contribution in [3.63, 3.8) is 0 Å². The zero-order valence-electron chi connectivity index (χ0n) is 17.6. The second-order valence-electron chi connectivity index (χ2n) is 7.25. The molecule has 168 valence electrons. The van der Waals surface area contributed by atoms with Gasteiger partial charge in [0.25, 0.3) is 0 Å². The number of piperazine rings is 1. The Morgan fingerprint density at radius 3 is 2.35 bits per heavy atom. The van der Waals surface area contributed by atoms with Crippen LogP contribution in [0.4, 0.5) is 4.39 Å². The van der Waals surface area contributed by atoms with E-state index in [0.717, 1.165) is 13.1 Å². The molecule has 0 bridgehead atoms. The van der Waals surface area contributed by atoms with Crippen molar-refractivity contribution in [1.82, 2.24) is 14.5 Å². The van der Waals surface area contributed by atoms with Gasteiger partial charge in [0.05, 0.1) is 11.5 Å². The van der Waals surface area contributed by atoms with Crippen molar-refractivity contribution in [2.24, 2.45) is 0 Å². The van der Waals surface area contributed by atoms with Crippen molar-refractivity contribution in [1.29, 1.82) is 0 Å². The molecule has 1 N–H and O–H groups in total. The summed E-state index contributed by atoms with van der Waals surface area (Å²) in [7, 11) is -3.87. The van der Waals surface area contributed by atoms with E-state index in [-0.39, 0.29) is 30.3 Å². The number of benzene rings is 2. The van der Waals surface area contributed by atoms with Gasteiger partial charge in [0.15, 0.2) is 0 Å². The van der Waals surface area contributed by atoms with Crippen molar-refractivity contribution in [3.8, 4) is 5.75 Å². The minimum Gasteiger partial charge on any atom is -0.494 e. The third kappa shape index (κ3) is 6.25. The Morgan fingerprint density at radius 2 is 1.74 bits per heavy atom. The van der Waals surface area contributed by atoms with Gasteiger partial charge in [-0.15, -0.1) is 0 Å². The second kappa shape index (κ2) is 10.7. The quantitative estimate of drug-likeness (QED) is 0.635. The standard InChI is InChI=1S/C22H28FN3O4S/c1-2-30-20-7-9-21(10-8-20)31(28,29)26(17-18-3-5-19(23)6-4-18)14-11-22(27)25-15-12-24-13-16-25/h3-10,24H,2,11-17H2,1H3. The summed E-state index contributed by atoms with van der Waals surface area (Å²) in [5.41, 5.74) is 0.644. The van der Waals surface area contributed by atoms with E-state index in [0.29, 0.717) is 31.0 Å². The lowest BCUT2D eigenvalue weighted by atomic mass is 10.2. The molecule has 31 heavy (non-hydrogen) atoms. The molecule has 3 rings (SSSR count). The highest BCUT2D eigenvalue weighted by molar-refractivity contribution is 7.89. The van der Waals surface area contributed by atoms with E-state index in [9.17, 15) is 17.6 Å². The largest absolute Gasteiger partial charge is 0.494 e. The molecule has 2 aromatic carbocycles. The van der Waals surface area contributed by atoms with Gasteiger partial charge in [-0.3, -0.25) is 4.79 Å². The topological polar surface area (TPSA) is 79.0 Å². The lowest BCUT2D eigenvalue weighted by Gasteiger charge is -2.29. The molecule has 1 aliphatic heterocycles. The van der Waals surface area contributed by atoms with Gasteiger partial charge in [-0.25, -0.2) is 12.8 Å². The van der Waals surface area contributed by atoms with E-state index >= 15 is 0 Å². The van der Waals surface area contributed by atoms with E-state index in [4.69, 9.17) is 4.74 Å². The predicted molar refractivity (Wildman–Crippen MR) is 116 cm³/mol. The normalized spacial score (nSPS) is 14.6. The fraction of sp³-hybridized carbons (Fsp3) is 0.409. The highest BCUT2D eigenvalue weighted by Gasteiger charge is 2.26. The van der Waals surface area contributed by atoms with Crippen LogP contribution >= 0.6 is 0 Å². The molecule has 0 radical (unpaired) electrons. The van der Waals surface area contributed by atoms with Gasteiger partial charge in [0.1, 0.15) is 11.6 Å². The van der Waals surface area contributed by atoms with Crippen LogP contribution in [0.25, 0.3) is 0 Å². The smallest absolute Gasteiger partial charge is 0.243 e. The monoisotopic (exact) mass is 449 g/mol. The van der Waals surface area contributed by atoms with Crippen molar-refractivity contribution < 1.29 is 22.3 Å². The lowest BCUT2D eigenvalue weighted by Crippen LogP contribution is -2.47. The van der Waals surface area contributed by atoms with Crippen molar-refractivity contribution in [3.05, 3.63) is 59.9 Å². The van der Waals surface area contributed by atoms with E-state index < -0.39 is 15.8 Å². The zero-order chi connectivity index (χ0) is 22.3. The molecule has 1 fully saturated rings. The maximum Gasteiger partial charge on any atom is 0.243 e. The molecule has 1 saturated heterocycles. The average Bonchev–Trinajstić information content (AvgIpc) is 2.78. The molecule has 0 aliphatic carbocycles. The lowest BCUT2D eigenvalue weighted by molar-refractivity contribution is -0.131. The third-order valence-corrected chi connectivity index (χ3v) is 6.95. The summed E-state index contributed by atoms with van der Waals surface area (Å²) in [6, 6.07) is 11.9. The Labute approximate surface area is 182 Å². The number of ether oxygens (including phenoxy) is 1. The number of halogens is 1. The maximum atomic E-state index is 13.3. The molecule has 0 spiro atoms. The maximum absolute atomic E-state index is 13.3. The first kappa shape index (κ1) is 23.2. The van der Waals surface area contributed by atoms with Gasteiger partial charge in [-0.2, -0.15) is 4.31 Å². The minimum atomic E-state index is -3.87. The number of sulfonamides is 1. The third-order valence-electron chi connectivity index (χ3n) is 5.09. The summed E-state index contributed by atoms with van der Waals surface area (Å²) in [6.07, 6.45) is 0.0808. The molecule has 7 nitrogen and oxygen atoms in total. The molecule has 9 heteroatoms. The van der Waals surface area contributed by atoms with Gasteiger partial charge >= 0.3 is 0 Å². The Balaban J connectivity index is 1.79. The van der Waals surface area contributed by atoms with E-state index in [1.165, 1.54) is 28.6 Å². The molecular formula is C22H28FN3O4S. The first-order chi connectivity index (χ1) is 14.9. The molecule has 0 saturated carbocycles. The molecule has 0 aromatic heterocycles. The minimum absolute atomic E-state index is 0.0374. The number of nitrogens with one attached hydrogen (secondary N) is 1. The second-order valence-corrected chi connectivity index (χ2v) is 9.19.